The molecule has 0 unspecified atom stereocenters. The first-order valence-corrected chi connectivity index (χ1v) is 7.64. The van der Waals surface area contributed by atoms with E-state index in [1.165, 1.54) is 23.4 Å². The van der Waals surface area contributed by atoms with Gasteiger partial charge in [-0.15, -0.1) is 0 Å². The fourth-order valence-electron chi connectivity index (χ4n) is 2.13. The lowest BCUT2D eigenvalue weighted by Gasteiger charge is -2.27. The molecule has 114 valence electrons. The third kappa shape index (κ3) is 3.01. The van der Waals surface area contributed by atoms with E-state index in [9.17, 15) is 13.2 Å². The van der Waals surface area contributed by atoms with E-state index in [0.29, 0.717) is 11.4 Å². The van der Waals surface area contributed by atoms with Gasteiger partial charge in [0.2, 0.25) is 15.9 Å². The molecule has 20 heavy (non-hydrogen) atoms. The van der Waals surface area contributed by atoms with E-state index in [1.54, 1.807) is 35.0 Å². The molecule has 1 N–H and O–H groups in total. The van der Waals surface area contributed by atoms with Crippen LogP contribution in [0.4, 0.5) is 0 Å². The molecule has 1 aromatic rings. The average molecular weight is 302 g/mol. The smallest absolute Gasteiger partial charge is 0.245 e. The second-order valence-corrected chi connectivity index (χ2v) is 7.17. The van der Waals surface area contributed by atoms with Crippen molar-refractivity contribution >= 4 is 15.9 Å². The number of nitrogens with zero attached hydrogens (tertiary/aromatic N) is 3. The highest BCUT2D eigenvalue weighted by atomic mass is 32.2. The van der Waals surface area contributed by atoms with Gasteiger partial charge in [-0.3, -0.25) is 9.48 Å². The number of amides is 1. The standard InChI is InChI=1S/C12H22N4O3S/c1-8-10(9(2)16(7)13-8)20(18,19)14-12(3,4)11(17)15(5)6/h14H,1-7H3. The van der Waals surface area contributed by atoms with Gasteiger partial charge in [0.25, 0.3) is 0 Å². The van der Waals surface area contributed by atoms with Gasteiger partial charge in [-0.2, -0.15) is 9.82 Å². The summed E-state index contributed by atoms with van der Waals surface area (Å²) in [4.78, 5) is 13.5. The van der Waals surface area contributed by atoms with Gasteiger partial charge >= 0.3 is 0 Å². The van der Waals surface area contributed by atoms with Gasteiger partial charge in [0.1, 0.15) is 10.4 Å². The van der Waals surface area contributed by atoms with Crippen molar-refractivity contribution in [3.8, 4) is 0 Å². The maximum Gasteiger partial charge on any atom is 0.245 e. The van der Waals surface area contributed by atoms with Crippen molar-refractivity contribution in [2.45, 2.75) is 38.1 Å². The highest BCUT2D eigenvalue weighted by molar-refractivity contribution is 7.89. The Kier molecular flexibility index (Phi) is 4.31. The van der Waals surface area contributed by atoms with E-state index in [-0.39, 0.29) is 10.8 Å². The fourth-order valence-corrected chi connectivity index (χ4v) is 3.94. The van der Waals surface area contributed by atoms with E-state index >= 15 is 0 Å². The van der Waals surface area contributed by atoms with Crippen LogP contribution in [0.1, 0.15) is 25.2 Å². The quantitative estimate of drug-likeness (QED) is 0.860. The lowest BCUT2D eigenvalue weighted by atomic mass is 10.1. The number of nitrogens with one attached hydrogen (secondary N) is 1. The van der Waals surface area contributed by atoms with Crippen LogP contribution in [0.3, 0.4) is 0 Å². The summed E-state index contributed by atoms with van der Waals surface area (Å²) in [6, 6.07) is 0. The number of aryl methyl sites for hydroxylation is 2. The summed E-state index contributed by atoms with van der Waals surface area (Å²) < 4.78 is 28.9. The Bertz CT molecular complexity index is 629. The molecule has 0 atom stereocenters. The molecule has 0 fully saturated rings. The summed E-state index contributed by atoms with van der Waals surface area (Å²) in [5.41, 5.74) is -0.287. The number of hydrogen-bond donors (Lipinski definition) is 1. The Morgan fingerprint density at radius 2 is 1.80 bits per heavy atom. The summed E-state index contributed by atoms with van der Waals surface area (Å²) in [6.45, 7) is 6.37. The molecule has 0 aliphatic carbocycles. The Hall–Kier alpha value is -1.41. The molecule has 0 saturated carbocycles. The minimum absolute atomic E-state index is 0.125. The van der Waals surface area contributed by atoms with E-state index in [2.05, 4.69) is 9.82 Å². The van der Waals surface area contributed by atoms with Gasteiger partial charge in [0, 0.05) is 21.1 Å². The number of rotatable bonds is 4. The zero-order valence-electron chi connectivity index (χ0n) is 13.0. The van der Waals surface area contributed by atoms with Crippen LogP contribution in [-0.4, -0.2) is 48.6 Å². The second kappa shape index (κ2) is 5.17. The van der Waals surface area contributed by atoms with Crippen molar-refractivity contribution in [3.05, 3.63) is 11.4 Å². The van der Waals surface area contributed by atoms with Gasteiger partial charge in [-0.25, -0.2) is 8.42 Å². The summed E-state index contributed by atoms with van der Waals surface area (Å²) >= 11 is 0. The molecule has 1 rings (SSSR count). The van der Waals surface area contributed by atoms with Crippen LogP contribution in [0.15, 0.2) is 4.90 Å². The van der Waals surface area contributed by atoms with Crippen LogP contribution in [0.25, 0.3) is 0 Å². The van der Waals surface area contributed by atoms with Crippen molar-refractivity contribution in [2.24, 2.45) is 7.05 Å². The maximum atomic E-state index is 12.5. The topological polar surface area (TPSA) is 84.3 Å². The number of likely N-dealkylation sites (N-methyl/N-ethyl adjacent to an activating group) is 1. The number of hydrogen-bond acceptors (Lipinski definition) is 4. The van der Waals surface area contributed by atoms with E-state index in [1.807, 2.05) is 0 Å². The minimum Gasteiger partial charge on any atom is -0.347 e. The Morgan fingerprint density at radius 1 is 1.30 bits per heavy atom. The fraction of sp³-hybridized carbons (Fsp3) is 0.667. The van der Waals surface area contributed by atoms with Crippen molar-refractivity contribution in [1.29, 1.82) is 0 Å². The second-order valence-electron chi connectivity index (χ2n) is 5.55. The van der Waals surface area contributed by atoms with Gasteiger partial charge in [0.15, 0.2) is 0 Å². The van der Waals surface area contributed by atoms with Crippen molar-refractivity contribution in [3.63, 3.8) is 0 Å². The number of aromatic nitrogens is 2. The molecule has 1 heterocycles. The molecule has 0 radical (unpaired) electrons. The molecule has 0 aliphatic heterocycles. The zero-order valence-corrected chi connectivity index (χ0v) is 13.8. The number of sulfonamides is 1. The van der Waals surface area contributed by atoms with Gasteiger partial charge < -0.3 is 4.90 Å². The largest absolute Gasteiger partial charge is 0.347 e. The predicted molar refractivity (Wildman–Crippen MR) is 75.8 cm³/mol. The van der Waals surface area contributed by atoms with E-state index < -0.39 is 15.6 Å². The maximum absolute atomic E-state index is 12.5. The lowest BCUT2D eigenvalue weighted by molar-refractivity contribution is -0.133. The van der Waals surface area contributed by atoms with Gasteiger partial charge in [0.05, 0.1) is 11.4 Å². The molecule has 1 amide bonds. The molecular formula is C12H22N4O3S. The SMILES string of the molecule is Cc1nn(C)c(C)c1S(=O)(=O)NC(C)(C)C(=O)N(C)C. The van der Waals surface area contributed by atoms with Gasteiger partial charge in [-0.05, 0) is 27.7 Å². The number of carbonyl (C=O) groups is 1. The molecule has 0 bridgehead atoms. The van der Waals surface area contributed by atoms with E-state index in [0.717, 1.165) is 0 Å². The zero-order chi connectivity index (χ0) is 15.9. The van der Waals surface area contributed by atoms with Crippen LogP contribution in [0.5, 0.6) is 0 Å². The molecule has 0 saturated heterocycles. The molecule has 7 nitrogen and oxygen atoms in total. The average Bonchev–Trinajstić information content (AvgIpc) is 2.50. The van der Waals surface area contributed by atoms with Crippen LogP contribution in [0.2, 0.25) is 0 Å². The first-order valence-electron chi connectivity index (χ1n) is 6.16. The van der Waals surface area contributed by atoms with Crippen molar-refractivity contribution in [1.82, 2.24) is 19.4 Å². The summed E-state index contributed by atoms with van der Waals surface area (Å²) in [5, 5.41) is 4.09. The molecule has 0 aliphatic rings. The highest BCUT2D eigenvalue weighted by Crippen LogP contribution is 2.21. The van der Waals surface area contributed by atoms with Crippen LogP contribution < -0.4 is 4.72 Å². The Morgan fingerprint density at radius 3 is 2.15 bits per heavy atom. The molecular weight excluding hydrogens is 280 g/mol. The third-order valence-corrected chi connectivity index (χ3v) is 4.95. The predicted octanol–water partition coefficient (Wildman–Crippen LogP) is 0.182. The molecule has 1 aromatic heterocycles. The van der Waals surface area contributed by atoms with Crippen LogP contribution >= 0.6 is 0 Å². The summed E-state index contributed by atoms with van der Waals surface area (Å²) in [7, 11) is 1.02. The summed E-state index contributed by atoms with van der Waals surface area (Å²) in [5.74, 6) is -0.319. The van der Waals surface area contributed by atoms with Crippen LogP contribution in [0, 0.1) is 13.8 Å². The molecule has 0 aromatic carbocycles. The minimum atomic E-state index is -3.82. The molecule has 8 heteroatoms. The Labute approximate surface area is 120 Å². The van der Waals surface area contributed by atoms with Gasteiger partial charge in [-0.1, -0.05) is 0 Å². The Balaban J connectivity index is 3.23. The van der Waals surface area contributed by atoms with E-state index in [4.69, 9.17) is 0 Å². The van der Waals surface area contributed by atoms with Crippen molar-refractivity contribution in [2.75, 3.05) is 14.1 Å². The highest BCUT2D eigenvalue weighted by Gasteiger charge is 2.36. The lowest BCUT2D eigenvalue weighted by Crippen LogP contribution is -2.54. The molecule has 0 spiro atoms. The first kappa shape index (κ1) is 16.6. The third-order valence-electron chi connectivity index (χ3n) is 3.04. The normalized spacial score (nSPS) is 12.6. The van der Waals surface area contributed by atoms with Crippen LogP contribution in [-0.2, 0) is 21.9 Å². The van der Waals surface area contributed by atoms with Crippen molar-refractivity contribution < 1.29 is 13.2 Å². The summed E-state index contributed by atoms with van der Waals surface area (Å²) in [6.07, 6.45) is 0. The monoisotopic (exact) mass is 302 g/mol. The first-order chi connectivity index (χ1) is 8.90. The number of carbonyl (C=O) groups excluding carboxylic acids is 1.